The topological polar surface area (TPSA) is 85.1 Å². The molecule has 0 radical (unpaired) electrons. The van der Waals surface area contributed by atoms with E-state index in [9.17, 15) is 0 Å². The molecule has 0 fully saturated rings. The third-order valence-corrected chi connectivity index (χ3v) is 1.43. The number of phenolic OH excluding ortho intramolecular Hbond substituents is 3. The first-order valence-electron chi connectivity index (χ1n) is 3.60. The standard InChI is InChI=1S/C8H10N2O3/c1-9-10-4-5-2-6(11)8(13)7(12)3-5/h2-4,9,11-13H,1H3/b10-4+. The average molecular weight is 182 g/mol. The van der Waals surface area contributed by atoms with Crippen molar-refractivity contribution in [1.29, 1.82) is 0 Å². The van der Waals surface area contributed by atoms with E-state index in [1.165, 1.54) is 18.3 Å². The van der Waals surface area contributed by atoms with Crippen molar-refractivity contribution in [3.8, 4) is 17.2 Å². The van der Waals surface area contributed by atoms with Crippen molar-refractivity contribution in [2.45, 2.75) is 0 Å². The molecule has 0 aliphatic carbocycles. The number of hydrazone groups is 1. The molecule has 1 aromatic carbocycles. The molecule has 70 valence electrons. The lowest BCUT2D eigenvalue weighted by Gasteiger charge is -2.01. The summed E-state index contributed by atoms with van der Waals surface area (Å²) >= 11 is 0. The Balaban J connectivity index is 3.06. The number of rotatable bonds is 2. The van der Waals surface area contributed by atoms with E-state index in [0.29, 0.717) is 5.56 Å². The molecule has 1 aromatic rings. The molecule has 0 atom stereocenters. The summed E-state index contributed by atoms with van der Waals surface area (Å²) in [5.74, 6) is -1.28. The van der Waals surface area contributed by atoms with E-state index in [1.807, 2.05) is 0 Å². The van der Waals surface area contributed by atoms with E-state index in [2.05, 4.69) is 10.5 Å². The third-order valence-electron chi connectivity index (χ3n) is 1.43. The second kappa shape index (κ2) is 3.66. The van der Waals surface area contributed by atoms with Crippen LogP contribution in [0.2, 0.25) is 0 Å². The first kappa shape index (κ1) is 9.18. The van der Waals surface area contributed by atoms with Crippen molar-refractivity contribution in [2.24, 2.45) is 5.10 Å². The highest BCUT2D eigenvalue weighted by Crippen LogP contribution is 2.34. The average Bonchev–Trinajstić information content (AvgIpc) is 2.10. The predicted molar refractivity (Wildman–Crippen MR) is 48.1 cm³/mol. The molecule has 0 aliphatic rings. The number of nitrogens with zero attached hydrogens (tertiary/aromatic N) is 1. The van der Waals surface area contributed by atoms with Gasteiger partial charge in [0, 0.05) is 12.6 Å². The van der Waals surface area contributed by atoms with Gasteiger partial charge in [-0.1, -0.05) is 0 Å². The highest BCUT2D eigenvalue weighted by Gasteiger charge is 2.06. The molecule has 5 heteroatoms. The van der Waals surface area contributed by atoms with Crippen molar-refractivity contribution >= 4 is 6.21 Å². The largest absolute Gasteiger partial charge is 0.504 e. The highest BCUT2D eigenvalue weighted by molar-refractivity contribution is 5.81. The predicted octanol–water partition coefficient (Wildman–Crippen LogP) is 0.357. The van der Waals surface area contributed by atoms with Crippen LogP contribution in [0, 0.1) is 0 Å². The van der Waals surface area contributed by atoms with Crippen LogP contribution < -0.4 is 5.43 Å². The van der Waals surface area contributed by atoms with E-state index in [1.54, 1.807) is 7.05 Å². The molecule has 0 amide bonds. The van der Waals surface area contributed by atoms with E-state index in [-0.39, 0.29) is 11.5 Å². The summed E-state index contributed by atoms with van der Waals surface area (Å²) in [6.45, 7) is 0. The minimum atomic E-state index is -0.526. The normalized spacial score (nSPS) is 10.5. The summed E-state index contributed by atoms with van der Waals surface area (Å²) in [6.07, 6.45) is 1.40. The SMILES string of the molecule is CN/N=C/c1cc(O)c(O)c(O)c1. The lowest BCUT2D eigenvalue weighted by atomic mass is 10.2. The fourth-order valence-electron chi connectivity index (χ4n) is 0.839. The van der Waals surface area contributed by atoms with Crippen molar-refractivity contribution in [3.05, 3.63) is 17.7 Å². The Morgan fingerprint density at radius 3 is 2.23 bits per heavy atom. The first-order valence-corrected chi connectivity index (χ1v) is 3.60. The number of nitrogens with one attached hydrogen (secondary N) is 1. The number of hydrogen-bond acceptors (Lipinski definition) is 5. The molecule has 0 unspecified atom stereocenters. The molecule has 0 bridgehead atoms. The number of benzene rings is 1. The van der Waals surface area contributed by atoms with E-state index in [4.69, 9.17) is 15.3 Å². The molecule has 0 spiro atoms. The maximum Gasteiger partial charge on any atom is 0.200 e. The fraction of sp³-hybridized carbons (Fsp3) is 0.125. The Kier molecular flexibility index (Phi) is 2.59. The lowest BCUT2D eigenvalue weighted by Crippen LogP contribution is -1.94. The van der Waals surface area contributed by atoms with E-state index >= 15 is 0 Å². The second-order valence-electron chi connectivity index (χ2n) is 2.39. The maximum absolute atomic E-state index is 9.09. The second-order valence-corrected chi connectivity index (χ2v) is 2.39. The molecule has 0 saturated carbocycles. The summed E-state index contributed by atoms with van der Waals surface area (Å²) < 4.78 is 0. The van der Waals surface area contributed by atoms with Gasteiger partial charge in [-0.05, 0) is 12.1 Å². The van der Waals surface area contributed by atoms with Crippen LogP contribution in [0.3, 0.4) is 0 Å². The summed E-state index contributed by atoms with van der Waals surface area (Å²) in [6, 6.07) is 2.58. The molecule has 0 aromatic heterocycles. The molecule has 0 aliphatic heterocycles. The Hall–Kier alpha value is -1.91. The first-order chi connectivity index (χ1) is 6.15. The van der Waals surface area contributed by atoms with Crippen LogP contribution in [0.5, 0.6) is 17.2 Å². The number of hydrogen-bond donors (Lipinski definition) is 4. The van der Waals surface area contributed by atoms with Gasteiger partial charge in [-0.15, -0.1) is 0 Å². The van der Waals surface area contributed by atoms with Crippen LogP contribution in [-0.2, 0) is 0 Å². The van der Waals surface area contributed by atoms with Gasteiger partial charge >= 0.3 is 0 Å². The minimum Gasteiger partial charge on any atom is -0.504 e. The van der Waals surface area contributed by atoms with Crippen LogP contribution >= 0.6 is 0 Å². The Bertz CT molecular complexity index is 313. The Morgan fingerprint density at radius 2 is 1.77 bits per heavy atom. The molecule has 4 N–H and O–H groups in total. The zero-order chi connectivity index (χ0) is 9.84. The van der Waals surface area contributed by atoms with Crippen LogP contribution in [0.25, 0.3) is 0 Å². The van der Waals surface area contributed by atoms with Crippen molar-refractivity contribution in [2.75, 3.05) is 7.05 Å². The molecule has 1 rings (SSSR count). The van der Waals surface area contributed by atoms with Gasteiger partial charge in [-0.2, -0.15) is 5.10 Å². The highest BCUT2D eigenvalue weighted by atomic mass is 16.3. The smallest absolute Gasteiger partial charge is 0.200 e. The number of phenols is 3. The molecular formula is C8H10N2O3. The lowest BCUT2D eigenvalue weighted by molar-refractivity contribution is 0.368. The van der Waals surface area contributed by atoms with Gasteiger partial charge in [0.2, 0.25) is 0 Å². The van der Waals surface area contributed by atoms with Gasteiger partial charge in [0.25, 0.3) is 0 Å². The van der Waals surface area contributed by atoms with Gasteiger partial charge < -0.3 is 20.7 Å². The van der Waals surface area contributed by atoms with Gasteiger partial charge in [0.1, 0.15) is 0 Å². The molecular weight excluding hydrogens is 172 g/mol. The monoisotopic (exact) mass is 182 g/mol. The summed E-state index contributed by atoms with van der Waals surface area (Å²) in [4.78, 5) is 0. The zero-order valence-corrected chi connectivity index (χ0v) is 7.02. The van der Waals surface area contributed by atoms with Crippen molar-refractivity contribution in [3.63, 3.8) is 0 Å². The van der Waals surface area contributed by atoms with E-state index < -0.39 is 5.75 Å². The fourth-order valence-corrected chi connectivity index (χ4v) is 0.839. The third kappa shape index (κ3) is 2.02. The van der Waals surface area contributed by atoms with Crippen molar-refractivity contribution < 1.29 is 15.3 Å². The molecule has 0 heterocycles. The van der Waals surface area contributed by atoms with Crippen LogP contribution in [0.15, 0.2) is 17.2 Å². The Labute approximate surface area is 75.0 Å². The number of aromatic hydroxyl groups is 3. The minimum absolute atomic E-state index is 0.377. The van der Waals surface area contributed by atoms with Gasteiger partial charge in [0.05, 0.1) is 6.21 Å². The van der Waals surface area contributed by atoms with Crippen LogP contribution in [0.1, 0.15) is 5.56 Å². The summed E-state index contributed by atoms with van der Waals surface area (Å²) in [5, 5.41) is 30.8. The van der Waals surface area contributed by atoms with Gasteiger partial charge in [0.15, 0.2) is 17.2 Å². The molecule has 0 saturated heterocycles. The Morgan fingerprint density at radius 1 is 1.23 bits per heavy atom. The maximum atomic E-state index is 9.09. The van der Waals surface area contributed by atoms with Crippen molar-refractivity contribution in [1.82, 2.24) is 5.43 Å². The van der Waals surface area contributed by atoms with Gasteiger partial charge in [-0.3, -0.25) is 0 Å². The zero-order valence-electron chi connectivity index (χ0n) is 7.02. The summed E-state index contributed by atoms with van der Waals surface area (Å²) in [5.41, 5.74) is 3.00. The summed E-state index contributed by atoms with van der Waals surface area (Å²) in [7, 11) is 1.62. The quantitative estimate of drug-likeness (QED) is 0.302. The van der Waals surface area contributed by atoms with Crippen LogP contribution in [0.4, 0.5) is 0 Å². The van der Waals surface area contributed by atoms with Gasteiger partial charge in [-0.25, -0.2) is 0 Å². The molecule has 13 heavy (non-hydrogen) atoms. The van der Waals surface area contributed by atoms with Crippen LogP contribution in [-0.4, -0.2) is 28.6 Å². The molecule has 5 nitrogen and oxygen atoms in total. The van der Waals surface area contributed by atoms with E-state index in [0.717, 1.165) is 0 Å².